The molecule has 0 saturated carbocycles. The number of pyridine rings is 1. The molecule has 0 aliphatic carbocycles. The van der Waals surface area contributed by atoms with Crippen molar-refractivity contribution < 1.29 is 4.79 Å². The molecule has 7 nitrogen and oxygen atoms in total. The molecule has 2 aliphatic heterocycles. The first kappa shape index (κ1) is 20.0. The molecule has 2 aliphatic rings. The summed E-state index contributed by atoms with van der Waals surface area (Å²) in [6, 6.07) is 7.42. The van der Waals surface area contributed by atoms with Gasteiger partial charge >= 0.3 is 0 Å². The lowest BCUT2D eigenvalue weighted by Crippen LogP contribution is -2.43. The van der Waals surface area contributed by atoms with E-state index in [0.717, 1.165) is 43.1 Å². The molecule has 1 saturated heterocycles. The van der Waals surface area contributed by atoms with Gasteiger partial charge in [-0.3, -0.25) is 14.7 Å². The predicted octanol–water partition coefficient (Wildman–Crippen LogP) is 3.84. The number of nitrogens with zero attached hydrogens (tertiary/aromatic N) is 4. The number of hydrogen-bond donors (Lipinski definition) is 2. The van der Waals surface area contributed by atoms with Gasteiger partial charge in [-0.25, -0.2) is 4.98 Å². The lowest BCUT2D eigenvalue weighted by Gasteiger charge is -2.31. The van der Waals surface area contributed by atoms with Crippen molar-refractivity contribution in [3.8, 4) is 0 Å². The third-order valence-corrected chi connectivity index (χ3v) is 6.70. The van der Waals surface area contributed by atoms with Crippen LogP contribution in [-0.4, -0.2) is 42.1 Å². The molecule has 1 fully saturated rings. The third-order valence-electron chi connectivity index (χ3n) is 5.48. The first-order valence-electron chi connectivity index (χ1n) is 10.0. The molecule has 3 aromatic rings. The molecule has 0 spiro atoms. The zero-order valence-electron chi connectivity index (χ0n) is 16.8. The van der Waals surface area contributed by atoms with Gasteiger partial charge in [0.15, 0.2) is 5.13 Å². The monoisotopic (exact) mass is 452 g/mol. The van der Waals surface area contributed by atoms with Crippen molar-refractivity contribution in [2.75, 3.05) is 41.3 Å². The van der Waals surface area contributed by atoms with Crippen LogP contribution in [0.3, 0.4) is 0 Å². The van der Waals surface area contributed by atoms with Gasteiger partial charge in [-0.05, 0) is 18.2 Å². The van der Waals surface area contributed by atoms with Crippen LogP contribution >= 0.6 is 22.9 Å². The van der Waals surface area contributed by atoms with E-state index in [0.29, 0.717) is 33.7 Å². The lowest BCUT2D eigenvalue weighted by atomic mass is 10.1. The van der Waals surface area contributed by atoms with Gasteiger partial charge in [-0.2, -0.15) is 0 Å². The van der Waals surface area contributed by atoms with E-state index < -0.39 is 0 Å². The van der Waals surface area contributed by atoms with Crippen LogP contribution in [0.2, 0.25) is 5.02 Å². The predicted molar refractivity (Wildman–Crippen MR) is 126 cm³/mol. The number of halogens is 1. The molecule has 5 rings (SSSR count). The van der Waals surface area contributed by atoms with E-state index >= 15 is 0 Å². The Morgan fingerprint density at radius 1 is 1.26 bits per heavy atom. The highest BCUT2D eigenvalue weighted by molar-refractivity contribution is 7.14. The number of thiazole rings is 1. The molecule has 0 atom stereocenters. The van der Waals surface area contributed by atoms with Crippen molar-refractivity contribution in [1.82, 2.24) is 15.3 Å². The van der Waals surface area contributed by atoms with Gasteiger partial charge in [-0.15, -0.1) is 11.3 Å². The second-order valence-corrected chi connectivity index (χ2v) is 8.65. The smallest absolute Gasteiger partial charge is 0.260 e. The molecule has 0 bridgehead atoms. The largest absolute Gasteiger partial charge is 0.367 e. The Bertz CT molecular complexity index is 1160. The highest BCUT2D eigenvalue weighted by atomic mass is 35.5. The first-order chi connectivity index (χ1) is 15.1. The summed E-state index contributed by atoms with van der Waals surface area (Å²) in [5.41, 5.74) is 4.82. The number of nitrogens with one attached hydrogen (secondary N) is 2. The zero-order chi connectivity index (χ0) is 21.4. The molecule has 1 amide bonds. The average Bonchev–Trinajstić information content (AvgIpc) is 3.41. The Hall–Kier alpha value is -2.94. The van der Waals surface area contributed by atoms with E-state index in [1.54, 1.807) is 35.5 Å². The van der Waals surface area contributed by atoms with Crippen molar-refractivity contribution >= 4 is 51.0 Å². The number of amides is 1. The fourth-order valence-corrected chi connectivity index (χ4v) is 4.94. The summed E-state index contributed by atoms with van der Waals surface area (Å²) in [7, 11) is 0. The van der Waals surface area contributed by atoms with Crippen LogP contribution in [0, 0.1) is 0 Å². The van der Waals surface area contributed by atoms with Gasteiger partial charge in [0, 0.05) is 53.9 Å². The summed E-state index contributed by atoms with van der Waals surface area (Å²) in [4.78, 5) is 25.7. The second kappa shape index (κ2) is 8.30. The zero-order valence-corrected chi connectivity index (χ0v) is 18.3. The van der Waals surface area contributed by atoms with Crippen LogP contribution in [0.4, 0.5) is 16.5 Å². The SMILES string of the molecule is C=C(Nc1cnccc1N1CCNCC1)c1csc(N2Cc3c(Cl)cccc3C2=O)n1. The third kappa shape index (κ3) is 3.78. The lowest BCUT2D eigenvalue weighted by molar-refractivity contribution is 0.0996. The standard InChI is InChI=1S/C22H21ClN6OS/c1-14(26-18-11-25-6-5-20(18)28-9-7-24-8-10-28)19-13-31-22(27-19)29-12-16-15(21(29)30)3-2-4-17(16)23/h2-6,11,13,24,26H,1,7-10,12H2. The summed E-state index contributed by atoms with van der Waals surface area (Å²) in [6.07, 6.45) is 3.60. The molecule has 1 aromatic carbocycles. The minimum Gasteiger partial charge on any atom is -0.367 e. The van der Waals surface area contributed by atoms with Gasteiger partial charge in [0.05, 0.1) is 35.5 Å². The number of aromatic nitrogens is 2. The maximum atomic E-state index is 12.8. The number of fused-ring (bicyclic) bond motifs is 1. The molecule has 2 aromatic heterocycles. The highest BCUT2D eigenvalue weighted by Crippen LogP contribution is 2.35. The van der Waals surface area contributed by atoms with Crippen molar-refractivity contribution in [3.63, 3.8) is 0 Å². The molecule has 0 unspecified atom stereocenters. The van der Waals surface area contributed by atoms with Gasteiger partial charge in [0.1, 0.15) is 0 Å². The van der Waals surface area contributed by atoms with E-state index in [-0.39, 0.29) is 5.91 Å². The number of carbonyl (C=O) groups is 1. The molecule has 9 heteroatoms. The Labute approximate surface area is 189 Å². The van der Waals surface area contributed by atoms with Gasteiger partial charge < -0.3 is 15.5 Å². The molecule has 0 radical (unpaired) electrons. The molecular formula is C22H21ClN6OS. The number of carbonyl (C=O) groups excluding carboxylic acids is 1. The normalized spacial score (nSPS) is 15.8. The average molecular weight is 453 g/mol. The minimum atomic E-state index is -0.0785. The van der Waals surface area contributed by atoms with Crippen molar-refractivity contribution in [2.45, 2.75) is 6.54 Å². The van der Waals surface area contributed by atoms with E-state index in [2.05, 4.69) is 32.1 Å². The van der Waals surface area contributed by atoms with Crippen LogP contribution in [0.5, 0.6) is 0 Å². The summed E-state index contributed by atoms with van der Waals surface area (Å²) in [6.45, 7) is 8.37. The van der Waals surface area contributed by atoms with Crippen molar-refractivity contribution in [2.24, 2.45) is 0 Å². The highest BCUT2D eigenvalue weighted by Gasteiger charge is 2.31. The maximum Gasteiger partial charge on any atom is 0.260 e. The number of benzene rings is 1. The Balaban J connectivity index is 1.34. The molecule has 158 valence electrons. The van der Waals surface area contributed by atoms with Crippen LogP contribution in [0.15, 0.2) is 48.6 Å². The summed E-state index contributed by atoms with van der Waals surface area (Å²) in [5.74, 6) is -0.0785. The fourth-order valence-electron chi connectivity index (χ4n) is 3.87. The Morgan fingerprint density at radius 2 is 2.10 bits per heavy atom. The number of rotatable bonds is 5. The number of piperazine rings is 1. The van der Waals surface area contributed by atoms with Crippen LogP contribution in [0.1, 0.15) is 21.6 Å². The minimum absolute atomic E-state index is 0.0785. The second-order valence-electron chi connectivity index (χ2n) is 7.41. The molecule has 4 heterocycles. The van der Waals surface area contributed by atoms with Crippen LogP contribution in [-0.2, 0) is 6.54 Å². The quantitative estimate of drug-likeness (QED) is 0.612. The first-order valence-corrected chi connectivity index (χ1v) is 11.3. The van der Waals surface area contributed by atoms with Gasteiger partial charge in [0.25, 0.3) is 5.91 Å². The molecule has 31 heavy (non-hydrogen) atoms. The van der Waals surface area contributed by atoms with Crippen LogP contribution < -0.4 is 20.4 Å². The molecular weight excluding hydrogens is 432 g/mol. The fraction of sp³-hybridized carbons (Fsp3) is 0.227. The van der Waals surface area contributed by atoms with Gasteiger partial charge in [-0.1, -0.05) is 24.2 Å². The number of anilines is 3. The summed E-state index contributed by atoms with van der Waals surface area (Å²) >= 11 is 7.69. The van der Waals surface area contributed by atoms with Crippen molar-refractivity contribution in [1.29, 1.82) is 0 Å². The van der Waals surface area contributed by atoms with Crippen molar-refractivity contribution in [3.05, 3.63) is 70.5 Å². The van der Waals surface area contributed by atoms with E-state index in [1.165, 1.54) is 11.3 Å². The Morgan fingerprint density at radius 3 is 2.90 bits per heavy atom. The van der Waals surface area contributed by atoms with Crippen LogP contribution in [0.25, 0.3) is 5.70 Å². The molecule has 2 N–H and O–H groups in total. The summed E-state index contributed by atoms with van der Waals surface area (Å²) in [5, 5.41) is 9.87. The van der Waals surface area contributed by atoms with Gasteiger partial charge in [0.2, 0.25) is 0 Å². The van der Waals surface area contributed by atoms with E-state index in [9.17, 15) is 4.79 Å². The topological polar surface area (TPSA) is 73.4 Å². The maximum absolute atomic E-state index is 12.8. The Kier molecular flexibility index (Phi) is 5.35. The van der Waals surface area contributed by atoms with E-state index in [4.69, 9.17) is 11.6 Å². The van der Waals surface area contributed by atoms with E-state index in [1.807, 2.05) is 11.4 Å². The summed E-state index contributed by atoms with van der Waals surface area (Å²) < 4.78 is 0. The number of hydrogen-bond acceptors (Lipinski definition) is 7.